The van der Waals surface area contributed by atoms with E-state index in [1.165, 1.54) is 0 Å². The van der Waals surface area contributed by atoms with Crippen molar-refractivity contribution in [3.63, 3.8) is 0 Å². The summed E-state index contributed by atoms with van der Waals surface area (Å²) in [5, 5.41) is 6.74. The highest BCUT2D eigenvalue weighted by atomic mass is 19.1. The number of rotatable bonds is 2. The van der Waals surface area contributed by atoms with Crippen LogP contribution in [0.1, 0.15) is 40.5 Å². The van der Waals surface area contributed by atoms with Gasteiger partial charge in [0.05, 0.1) is 6.20 Å². The summed E-state index contributed by atoms with van der Waals surface area (Å²) < 4.78 is 13.7. The lowest BCUT2D eigenvalue weighted by atomic mass is 9.79. The number of aromatic nitrogens is 2. The van der Waals surface area contributed by atoms with Gasteiger partial charge in [-0.3, -0.25) is 0 Å². The molecule has 0 amide bonds. The zero-order chi connectivity index (χ0) is 14.3. The van der Waals surface area contributed by atoms with Gasteiger partial charge in [-0.15, -0.1) is 0 Å². The van der Waals surface area contributed by atoms with E-state index in [9.17, 15) is 4.39 Å². The van der Waals surface area contributed by atoms with Gasteiger partial charge in [0.15, 0.2) is 11.6 Å². The van der Waals surface area contributed by atoms with Crippen molar-refractivity contribution in [3.05, 3.63) is 12.0 Å². The van der Waals surface area contributed by atoms with Gasteiger partial charge in [-0.2, -0.15) is 4.98 Å². The highest BCUT2D eigenvalue weighted by Gasteiger charge is 2.37. The fourth-order valence-electron chi connectivity index (χ4n) is 3.10. The van der Waals surface area contributed by atoms with Crippen molar-refractivity contribution in [3.8, 4) is 0 Å². The van der Waals surface area contributed by atoms with E-state index in [1.54, 1.807) is 0 Å². The Hall–Kier alpha value is -1.43. The predicted octanol–water partition coefficient (Wildman–Crippen LogP) is 1.92. The van der Waals surface area contributed by atoms with Crippen LogP contribution in [0.3, 0.4) is 0 Å². The first-order chi connectivity index (χ1) is 8.67. The summed E-state index contributed by atoms with van der Waals surface area (Å²) in [5.41, 5.74) is 5.49. The highest BCUT2D eigenvalue weighted by molar-refractivity contribution is 5.40. The Morgan fingerprint density at radius 2 is 1.89 bits per heavy atom. The molecule has 0 atom stereocenters. The van der Waals surface area contributed by atoms with Crippen LogP contribution in [-0.2, 0) is 0 Å². The molecular weight excluding hydrogens is 245 g/mol. The summed E-state index contributed by atoms with van der Waals surface area (Å²) in [6.07, 6.45) is 2.88. The summed E-state index contributed by atoms with van der Waals surface area (Å²) in [7, 11) is 0. The Bertz CT molecular complexity index is 456. The topological polar surface area (TPSA) is 75.9 Å². The lowest BCUT2D eigenvalue weighted by molar-refractivity contribution is 0.170. The van der Waals surface area contributed by atoms with Crippen molar-refractivity contribution < 1.29 is 4.39 Å². The fourth-order valence-corrected chi connectivity index (χ4v) is 3.10. The van der Waals surface area contributed by atoms with E-state index in [4.69, 9.17) is 5.73 Å². The molecule has 1 saturated heterocycles. The molecule has 2 heterocycles. The SMILES string of the molecule is CC1(C)CC(Nc2nc(N)ncc2F)CC(C)(C)N1. The summed E-state index contributed by atoms with van der Waals surface area (Å²) in [5.74, 6) is -0.203. The third-order valence-electron chi connectivity index (χ3n) is 3.29. The molecule has 1 aliphatic rings. The van der Waals surface area contributed by atoms with Crippen LogP contribution in [0.4, 0.5) is 16.2 Å². The molecule has 6 heteroatoms. The van der Waals surface area contributed by atoms with Gasteiger partial charge in [-0.25, -0.2) is 9.37 Å². The van der Waals surface area contributed by atoms with E-state index in [-0.39, 0.29) is 28.9 Å². The number of nitrogens with one attached hydrogen (secondary N) is 2. The molecule has 0 unspecified atom stereocenters. The van der Waals surface area contributed by atoms with Gasteiger partial charge in [-0.05, 0) is 40.5 Å². The van der Waals surface area contributed by atoms with Crippen LogP contribution in [0.25, 0.3) is 0 Å². The second kappa shape index (κ2) is 4.59. The van der Waals surface area contributed by atoms with E-state index in [1.807, 2.05) is 0 Å². The van der Waals surface area contributed by atoms with Crippen molar-refractivity contribution in [1.29, 1.82) is 0 Å². The molecule has 1 aromatic heterocycles. The summed E-state index contributed by atoms with van der Waals surface area (Å²) >= 11 is 0. The van der Waals surface area contributed by atoms with Gasteiger partial charge in [-0.1, -0.05) is 0 Å². The van der Waals surface area contributed by atoms with Gasteiger partial charge >= 0.3 is 0 Å². The normalized spacial score (nSPS) is 22.2. The molecule has 0 radical (unpaired) electrons. The zero-order valence-electron chi connectivity index (χ0n) is 11.9. The molecule has 0 spiro atoms. The number of anilines is 2. The number of hydrogen-bond acceptors (Lipinski definition) is 5. The van der Waals surface area contributed by atoms with Gasteiger partial charge in [0, 0.05) is 17.1 Å². The van der Waals surface area contributed by atoms with Crippen LogP contribution in [0.15, 0.2) is 6.20 Å². The number of halogens is 1. The van der Waals surface area contributed by atoms with Crippen LogP contribution >= 0.6 is 0 Å². The second-order valence-electron chi connectivity index (χ2n) is 6.57. The Labute approximate surface area is 113 Å². The molecule has 0 saturated carbocycles. The monoisotopic (exact) mass is 267 g/mol. The molecule has 5 nitrogen and oxygen atoms in total. The molecule has 19 heavy (non-hydrogen) atoms. The lowest BCUT2D eigenvalue weighted by Crippen LogP contribution is -2.60. The molecule has 1 aromatic rings. The molecule has 0 aromatic carbocycles. The van der Waals surface area contributed by atoms with E-state index in [2.05, 4.69) is 48.3 Å². The third kappa shape index (κ3) is 3.53. The van der Waals surface area contributed by atoms with Crippen LogP contribution in [0.2, 0.25) is 0 Å². The van der Waals surface area contributed by atoms with Crippen molar-refractivity contribution >= 4 is 11.8 Å². The minimum Gasteiger partial charge on any atom is -0.368 e. The summed E-state index contributed by atoms with van der Waals surface area (Å²) in [6, 6.07) is 0.148. The first kappa shape index (κ1) is 14.0. The van der Waals surface area contributed by atoms with Crippen LogP contribution in [0.5, 0.6) is 0 Å². The summed E-state index contributed by atoms with van der Waals surface area (Å²) in [6.45, 7) is 8.58. The van der Waals surface area contributed by atoms with Gasteiger partial charge in [0.1, 0.15) is 0 Å². The quantitative estimate of drug-likeness (QED) is 0.763. The largest absolute Gasteiger partial charge is 0.368 e. The molecule has 1 fully saturated rings. The van der Waals surface area contributed by atoms with Gasteiger partial charge in [0.2, 0.25) is 5.95 Å². The molecular formula is C13H22FN5. The van der Waals surface area contributed by atoms with Crippen LogP contribution < -0.4 is 16.4 Å². The molecule has 1 aliphatic heterocycles. The van der Waals surface area contributed by atoms with Crippen molar-refractivity contribution in [2.45, 2.75) is 57.7 Å². The molecule has 2 rings (SSSR count). The lowest BCUT2D eigenvalue weighted by Gasteiger charge is -2.46. The number of nitrogens with two attached hydrogens (primary N) is 1. The van der Waals surface area contributed by atoms with E-state index < -0.39 is 5.82 Å². The maximum atomic E-state index is 13.7. The first-order valence-corrected chi connectivity index (χ1v) is 6.51. The van der Waals surface area contributed by atoms with E-state index >= 15 is 0 Å². The van der Waals surface area contributed by atoms with Gasteiger partial charge < -0.3 is 16.4 Å². The summed E-state index contributed by atoms with van der Waals surface area (Å²) in [4.78, 5) is 7.55. The standard InChI is InChI=1S/C13H22FN5/c1-12(2)5-8(6-13(3,4)19-12)17-10-9(14)7-16-11(15)18-10/h7-8,19H,5-6H2,1-4H3,(H3,15,16,17,18). The van der Waals surface area contributed by atoms with Crippen LogP contribution in [0, 0.1) is 5.82 Å². The predicted molar refractivity (Wildman–Crippen MR) is 74.3 cm³/mol. The Kier molecular flexibility index (Phi) is 3.38. The smallest absolute Gasteiger partial charge is 0.222 e. The number of nitrogens with zero attached hydrogens (tertiary/aromatic N) is 2. The molecule has 0 bridgehead atoms. The van der Waals surface area contributed by atoms with Crippen molar-refractivity contribution in [2.24, 2.45) is 0 Å². The van der Waals surface area contributed by atoms with E-state index in [0.29, 0.717) is 0 Å². The number of piperidine rings is 1. The van der Waals surface area contributed by atoms with E-state index in [0.717, 1.165) is 19.0 Å². The van der Waals surface area contributed by atoms with Crippen molar-refractivity contribution in [2.75, 3.05) is 11.1 Å². The molecule has 4 N–H and O–H groups in total. The number of nitrogen functional groups attached to an aromatic ring is 1. The van der Waals surface area contributed by atoms with Gasteiger partial charge in [0.25, 0.3) is 0 Å². The average molecular weight is 267 g/mol. The maximum Gasteiger partial charge on any atom is 0.222 e. The van der Waals surface area contributed by atoms with Crippen molar-refractivity contribution in [1.82, 2.24) is 15.3 Å². The minimum absolute atomic E-state index is 0.00549. The fraction of sp³-hybridized carbons (Fsp3) is 0.692. The minimum atomic E-state index is -0.469. The molecule has 0 aliphatic carbocycles. The first-order valence-electron chi connectivity index (χ1n) is 6.51. The van der Waals surface area contributed by atoms with Crippen LogP contribution in [-0.4, -0.2) is 27.1 Å². The number of hydrogen-bond donors (Lipinski definition) is 3. The second-order valence-corrected chi connectivity index (χ2v) is 6.57. The average Bonchev–Trinajstić information content (AvgIpc) is 2.18. The Balaban J connectivity index is 2.16. The Morgan fingerprint density at radius 3 is 2.47 bits per heavy atom. The zero-order valence-corrected chi connectivity index (χ0v) is 11.9. The molecule has 106 valence electrons. The third-order valence-corrected chi connectivity index (χ3v) is 3.29. The highest BCUT2D eigenvalue weighted by Crippen LogP contribution is 2.30. The maximum absolute atomic E-state index is 13.7. The Morgan fingerprint density at radius 1 is 1.32 bits per heavy atom.